The molecule has 1 unspecified atom stereocenters. The van der Waals surface area contributed by atoms with E-state index in [9.17, 15) is 4.79 Å². The average molecular weight is 292 g/mol. The molecule has 0 radical (unpaired) electrons. The first-order valence-electron chi connectivity index (χ1n) is 7.73. The van der Waals surface area contributed by atoms with Crippen LogP contribution in [0, 0.1) is 0 Å². The van der Waals surface area contributed by atoms with Crippen LogP contribution in [0.5, 0.6) is 6.01 Å². The molecule has 1 fully saturated rings. The normalized spacial score (nSPS) is 18.4. The molecular formula is C15H24N4O2. The Labute approximate surface area is 125 Å². The topological polar surface area (TPSA) is 67.4 Å². The highest BCUT2D eigenvalue weighted by molar-refractivity contribution is 5.74. The molecule has 0 saturated carbocycles. The van der Waals surface area contributed by atoms with Gasteiger partial charge in [0.05, 0.1) is 6.54 Å². The number of aryl methyl sites for hydroxylation is 1. The summed E-state index contributed by atoms with van der Waals surface area (Å²) in [6, 6.07) is 0.389. The first kappa shape index (κ1) is 15.5. The molecule has 1 aliphatic heterocycles. The summed E-state index contributed by atoms with van der Waals surface area (Å²) in [6.45, 7) is 6.19. The second-order valence-electron chi connectivity index (χ2n) is 5.29. The Morgan fingerprint density at radius 2 is 2.19 bits per heavy atom. The van der Waals surface area contributed by atoms with Crippen LogP contribution in [0.1, 0.15) is 38.7 Å². The Kier molecular flexibility index (Phi) is 5.78. The number of nitrogens with zero attached hydrogens (tertiary/aromatic N) is 3. The van der Waals surface area contributed by atoms with Crippen molar-refractivity contribution in [2.45, 2.75) is 45.6 Å². The number of nitrogens with one attached hydrogen (secondary N) is 1. The zero-order valence-corrected chi connectivity index (χ0v) is 12.8. The van der Waals surface area contributed by atoms with E-state index in [0.717, 1.165) is 37.8 Å². The summed E-state index contributed by atoms with van der Waals surface area (Å²) in [5.41, 5.74) is 1.09. The second kappa shape index (κ2) is 7.81. The minimum atomic E-state index is -0.0291. The summed E-state index contributed by atoms with van der Waals surface area (Å²) in [6.07, 6.45) is 7.27. The van der Waals surface area contributed by atoms with Crippen molar-refractivity contribution in [2.75, 3.05) is 19.6 Å². The van der Waals surface area contributed by atoms with Gasteiger partial charge in [-0.25, -0.2) is 14.8 Å². The number of hydrogen-bond donors (Lipinski definition) is 1. The number of rotatable bonds is 5. The quantitative estimate of drug-likeness (QED) is 0.901. The van der Waals surface area contributed by atoms with Gasteiger partial charge in [-0.15, -0.1) is 0 Å². The first-order valence-corrected chi connectivity index (χ1v) is 7.73. The van der Waals surface area contributed by atoms with Crippen molar-refractivity contribution < 1.29 is 9.53 Å². The van der Waals surface area contributed by atoms with Crippen molar-refractivity contribution >= 4 is 6.03 Å². The number of piperidine rings is 1. The van der Waals surface area contributed by atoms with Crippen LogP contribution >= 0.6 is 0 Å². The lowest BCUT2D eigenvalue weighted by atomic mass is 10.1. The van der Waals surface area contributed by atoms with E-state index in [0.29, 0.717) is 19.1 Å². The predicted molar refractivity (Wildman–Crippen MR) is 80.3 cm³/mol. The summed E-state index contributed by atoms with van der Waals surface area (Å²) in [5.74, 6) is 0. The number of urea groups is 1. The molecule has 1 aromatic heterocycles. The summed E-state index contributed by atoms with van der Waals surface area (Å²) < 4.78 is 5.80. The molecule has 2 rings (SSSR count). The molecule has 1 saturated heterocycles. The number of aromatic nitrogens is 2. The lowest BCUT2D eigenvalue weighted by Crippen LogP contribution is -2.48. The first-order chi connectivity index (χ1) is 10.2. The predicted octanol–water partition coefficient (Wildman–Crippen LogP) is 2.00. The molecule has 1 aromatic rings. The van der Waals surface area contributed by atoms with Gasteiger partial charge >= 0.3 is 12.0 Å². The molecule has 2 heterocycles. The van der Waals surface area contributed by atoms with E-state index in [1.165, 1.54) is 0 Å². The number of hydrogen-bond acceptors (Lipinski definition) is 4. The Hall–Kier alpha value is -1.85. The summed E-state index contributed by atoms with van der Waals surface area (Å²) in [5, 5.41) is 2.90. The van der Waals surface area contributed by atoms with Crippen LogP contribution in [-0.4, -0.2) is 46.6 Å². The molecule has 0 aromatic carbocycles. The fourth-order valence-electron chi connectivity index (χ4n) is 2.30. The van der Waals surface area contributed by atoms with Crippen LogP contribution < -0.4 is 10.1 Å². The minimum absolute atomic E-state index is 0.00704. The number of carbonyl (C=O) groups is 1. The van der Waals surface area contributed by atoms with Crippen LogP contribution in [0.2, 0.25) is 0 Å². The van der Waals surface area contributed by atoms with E-state index < -0.39 is 0 Å². The molecule has 2 amide bonds. The zero-order chi connectivity index (χ0) is 15.1. The Morgan fingerprint density at radius 1 is 1.43 bits per heavy atom. The largest absolute Gasteiger partial charge is 0.458 e. The molecule has 1 atom stereocenters. The van der Waals surface area contributed by atoms with E-state index in [4.69, 9.17) is 4.74 Å². The maximum absolute atomic E-state index is 12.0. The van der Waals surface area contributed by atoms with Gasteiger partial charge in [0.2, 0.25) is 0 Å². The smallest absolute Gasteiger partial charge is 0.317 e. The van der Waals surface area contributed by atoms with E-state index in [2.05, 4.69) is 22.2 Å². The third kappa shape index (κ3) is 4.58. The van der Waals surface area contributed by atoms with Gasteiger partial charge in [-0.05, 0) is 31.2 Å². The number of likely N-dealkylation sites (tertiary alicyclic amines) is 1. The monoisotopic (exact) mass is 292 g/mol. The molecule has 1 aliphatic rings. The third-order valence-corrected chi connectivity index (χ3v) is 3.55. The summed E-state index contributed by atoms with van der Waals surface area (Å²) in [4.78, 5) is 22.2. The zero-order valence-electron chi connectivity index (χ0n) is 12.8. The molecule has 116 valence electrons. The molecule has 1 N–H and O–H groups in total. The highest BCUT2D eigenvalue weighted by Gasteiger charge is 2.25. The fourth-order valence-corrected chi connectivity index (χ4v) is 2.30. The lowest BCUT2D eigenvalue weighted by Gasteiger charge is -2.32. The standard InChI is InChI=1S/C15H24N4O2/c1-3-7-16-15(20)19-8-5-6-13(11-19)21-14-17-9-12(4-2)10-18-14/h9-10,13H,3-8,11H2,1-2H3,(H,16,20). The van der Waals surface area contributed by atoms with Crippen LogP contribution in [0.4, 0.5) is 4.79 Å². The van der Waals surface area contributed by atoms with Gasteiger partial charge in [0.25, 0.3) is 0 Å². The molecule has 0 spiro atoms. The van der Waals surface area contributed by atoms with Crippen molar-refractivity contribution in [3.8, 4) is 6.01 Å². The van der Waals surface area contributed by atoms with Gasteiger partial charge in [-0.3, -0.25) is 0 Å². The van der Waals surface area contributed by atoms with Gasteiger partial charge in [-0.2, -0.15) is 0 Å². The van der Waals surface area contributed by atoms with E-state index in [1.54, 1.807) is 12.4 Å². The maximum Gasteiger partial charge on any atom is 0.317 e. The van der Waals surface area contributed by atoms with Crippen molar-refractivity contribution in [1.82, 2.24) is 20.2 Å². The van der Waals surface area contributed by atoms with Crippen LogP contribution in [0.3, 0.4) is 0 Å². The average Bonchev–Trinajstić information content (AvgIpc) is 2.53. The van der Waals surface area contributed by atoms with Crippen molar-refractivity contribution in [3.63, 3.8) is 0 Å². The molecular weight excluding hydrogens is 268 g/mol. The molecule has 6 heteroatoms. The molecule has 21 heavy (non-hydrogen) atoms. The fraction of sp³-hybridized carbons (Fsp3) is 0.667. The van der Waals surface area contributed by atoms with Gasteiger partial charge in [0.1, 0.15) is 6.10 Å². The van der Waals surface area contributed by atoms with Gasteiger partial charge in [-0.1, -0.05) is 13.8 Å². The van der Waals surface area contributed by atoms with Crippen LogP contribution in [-0.2, 0) is 6.42 Å². The van der Waals surface area contributed by atoms with Crippen molar-refractivity contribution in [2.24, 2.45) is 0 Å². The van der Waals surface area contributed by atoms with Crippen LogP contribution in [0.15, 0.2) is 12.4 Å². The Bertz CT molecular complexity index is 449. The van der Waals surface area contributed by atoms with E-state index >= 15 is 0 Å². The number of ether oxygens (including phenoxy) is 1. The maximum atomic E-state index is 12.0. The molecule has 0 bridgehead atoms. The second-order valence-corrected chi connectivity index (χ2v) is 5.29. The van der Waals surface area contributed by atoms with Gasteiger partial charge in [0.15, 0.2) is 0 Å². The molecule has 0 aliphatic carbocycles. The van der Waals surface area contributed by atoms with Gasteiger partial charge < -0.3 is 15.0 Å². The highest BCUT2D eigenvalue weighted by atomic mass is 16.5. The van der Waals surface area contributed by atoms with Crippen LogP contribution in [0.25, 0.3) is 0 Å². The summed E-state index contributed by atoms with van der Waals surface area (Å²) >= 11 is 0. The number of amides is 2. The Morgan fingerprint density at radius 3 is 2.86 bits per heavy atom. The minimum Gasteiger partial charge on any atom is -0.458 e. The van der Waals surface area contributed by atoms with Crippen molar-refractivity contribution in [3.05, 3.63) is 18.0 Å². The molecule has 6 nitrogen and oxygen atoms in total. The van der Waals surface area contributed by atoms with Crippen molar-refractivity contribution in [1.29, 1.82) is 0 Å². The lowest BCUT2D eigenvalue weighted by molar-refractivity contribution is 0.0939. The third-order valence-electron chi connectivity index (χ3n) is 3.55. The van der Waals surface area contributed by atoms with Gasteiger partial charge in [0, 0.05) is 25.5 Å². The summed E-state index contributed by atoms with van der Waals surface area (Å²) in [7, 11) is 0. The Balaban J connectivity index is 1.86. The van der Waals surface area contributed by atoms with E-state index in [-0.39, 0.29) is 12.1 Å². The SMILES string of the molecule is CCCNC(=O)N1CCCC(Oc2ncc(CC)cn2)C1. The highest BCUT2D eigenvalue weighted by Crippen LogP contribution is 2.15. The number of carbonyl (C=O) groups excluding carboxylic acids is 1. The van der Waals surface area contributed by atoms with E-state index in [1.807, 2.05) is 11.8 Å².